The van der Waals surface area contributed by atoms with Gasteiger partial charge in [-0.25, -0.2) is 4.79 Å². The van der Waals surface area contributed by atoms with E-state index in [4.69, 9.17) is 22.3 Å². The number of hydrogen-bond acceptors (Lipinski definition) is 8. The lowest BCUT2D eigenvalue weighted by molar-refractivity contribution is -0.143. The number of nitrogens with one attached hydrogen (secondary N) is 2. The number of carbonyl (C=O) groups excluding carboxylic acids is 3. The molecule has 0 spiro atoms. The summed E-state index contributed by atoms with van der Waals surface area (Å²) < 4.78 is 0. The summed E-state index contributed by atoms with van der Waals surface area (Å²) in [6.45, 7) is 0.402. The molecular weight excluding hydrogens is 526 g/mol. The van der Waals surface area contributed by atoms with Crippen LogP contribution in [0.15, 0.2) is 29.3 Å². The summed E-state index contributed by atoms with van der Waals surface area (Å²) in [7, 11) is 0. The van der Waals surface area contributed by atoms with Crippen LogP contribution in [0.25, 0.3) is 0 Å². The average molecular weight is 564 g/mol. The number of carbonyl (C=O) groups is 5. The number of phenols is 1. The molecule has 40 heavy (non-hydrogen) atoms. The summed E-state index contributed by atoms with van der Waals surface area (Å²) in [5.41, 5.74) is 17.0. The molecule has 2 rings (SSSR count). The lowest BCUT2D eigenvalue weighted by Gasteiger charge is -2.28. The summed E-state index contributed by atoms with van der Waals surface area (Å²) in [6.07, 6.45) is 0.674. The van der Waals surface area contributed by atoms with Crippen LogP contribution < -0.4 is 27.8 Å². The minimum Gasteiger partial charge on any atom is -0.508 e. The predicted octanol–water partition coefficient (Wildman–Crippen LogP) is -1.77. The van der Waals surface area contributed by atoms with Crippen LogP contribution in [0, 0.1) is 0 Å². The number of nitrogens with two attached hydrogens (primary N) is 3. The van der Waals surface area contributed by atoms with E-state index >= 15 is 0 Å². The highest BCUT2D eigenvalue weighted by Crippen LogP contribution is 2.20. The van der Waals surface area contributed by atoms with E-state index in [-0.39, 0.29) is 56.9 Å². The zero-order valence-corrected chi connectivity index (χ0v) is 22.0. The summed E-state index contributed by atoms with van der Waals surface area (Å²) >= 11 is 0. The van der Waals surface area contributed by atoms with E-state index in [0.717, 1.165) is 0 Å². The number of rotatable bonds is 15. The molecule has 11 N–H and O–H groups in total. The smallest absolute Gasteiger partial charge is 0.326 e. The molecule has 1 saturated heterocycles. The number of phenolic OH excluding ortho intramolecular Hbond substituents is 1. The van der Waals surface area contributed by atoms with Crippen molar-refractivity contribution < 1.29 is 39.3 Å². The Kier molecular flexibility index (Phi) is 12.1. The monoisotopic (exact) mass is 563 g/mol. The lowest BCUT2D eigenvalue weighted by atomic mass is 10.0. The second-order valence-corrected chi connectivity index (χ2v) is 9.51. The summed E-state index contributed by atoms with van der Waals surface area (Å²) in [5.74, 6) is -4.48. The Labute approximate surface area is 230 Å². The van der Waals surface area contributed by atoms with Gasteiger partial charge in [-0.15, -0.1) is 0 Å². The molecule has 1 heterocycles. The van der Waals surface area contributed by atoms with Crippen molar-refractivity contribution in [3.63, 3.8) is 0 Å². The molecule has 4 unspecified atom stereocenters. The van der Waals surface area contributed by atoms with E-state index in [1.54, 1.807) is 12.1 Å². The number of hydrogen-bond donors (Lipinski definition) is 8. The first-order valence-corrected chi connectivity index (χ1v) is 12.8. The highest BCUT2D eigenvalue weighted by atomic mass is 16.4. The molecule has 1 aliphatic heterocycles. The van der Waals surface area contributed by atoms with Crippen LogP contribution in [0.5, 0.6) is 5.75 Å². The maximum Gasteiger partial charge on any atom is 0.326 e. The first-order valence-electron chi connectivity index (χ1n) is 12.8. The number of aromatic hydroxyl groups is 1. The SMILES string of the molecule is NC(N)=NCCCC(NC(=O)C(Cc1ccc(O)cc1)NC(=O)C1CCCN1C(=O)C(N)CCC(=O)O)C(=O)O. The molecule has 220 valence electrons. The summed E-state index contributed by atoms with van der Waals surface area (Å²) in [4.78, 5) is 67.1. The lowest BCUT2D eigenvalue weighted by Crippen LogP contribution is -2.57. The van der Waals surface area contributed by atoms with Crippen LogP contribution in [0.2, 0.25) is 0 Å². The largest absolute Gasteiger partial charge is 0.508 e. The van der Waals surface area contributed by atoms with E-state index in [0.29, 0.717) is 18.4 Å². The third-order valence-corrected chi connectivity index (χ3v) is 6.39. The summed E-state index contributed by atoms with van der Waals surface area (Å²) in [6, 6.07) is 1.39. The fraction of sp³-hybridized carbons (Fsp3) is 0.520. The molecule has 0 saturated carbocycles. The number of likely N-dealkylation sites (tertiary alicyclic amines) is 1. The Morgan fingerprint density at radius 1 is 1.02 bits per heavy atom. The third kappa shape index (κ3) is 10.1. The van der Waals surface area contributed by atoms with Gasteiger partial charge in [0, 0.05) is 25.9 Å². The van der Waals surface area contributed by atoms with Gasteiger partial charge < -0.3 is 48.1 Å². The minimum atomic E-state index is -1.28. The number of aliphatic carboxylic acids is 2. The average Bonchev–Trinajstić information content (AvgIpc) is 3.39. The van der Waals surface area contributed by atoms with Gasteiger partial charge in [-0.3, -0.25) is 24.2 Å². The van der Waals surface area contributed by atoms with Crippen molar-refractivity contribution >= 4 is 35.6 Å². The van der Waals surface area contributed by atoms with E-state index in [1.165, 1.54) is 17.0 Å². The molecule has 4 atom stereocenters. The number of carboxylic acids is 2. The maximum absolute atomic E-state index is 13.3. The van der Waals surface area contributed by atoms with Crippen molar-refractivity contribution in [1.82, 2.24) is 15.5 Å². The molecule has 0 radical (unpaired) electrons. The Morgan fingerprint density at radius 2 is 1.70 bits per heavy atom. The second kappa shape index (κ2) is 15.3. The molecule has 1 aromatic rings. The molecule has 0 bridgehead atoms. The van der Waals surface area contributed by atoms with E-state index < -0.39 is 53.8 Å². The zero-order chi connectivity index (χ0) is 29.8. The highest BCUT2D eigenvalue weighted by molar-refractivity contribution is 5.94. The van der Waals surface area contributed by atoms with Crippen molar-refractivity contribution in [1.29, 1.82) is 0 Å². The van der Waals surface area contributed by atoms with Gasteiger partial charge in [0.25, 0.3) is 0 Å². The van der Waals surface area contributed by atoms with Gasteiger partial charge in [-0.1, -0.05) is 12.1 Å². The number of guanidine groups is 1. The molecule has 15 nitrogen and oxygen atoms in total. The van der Waals surface area contributed by atoms with Gasteiger partial charge >= 0.3 is 11.9 Å². The number of carboxylic acid groups (broad SMARTS) is 2. The fourth-order valence-corrected chi connectivity index (χ4v) is 4.30. The quantitative estimate of drug-likeness (QED) is 0.0672. The van der Waals surface area contributed by atoms with Gasteiger partial charge in [-0.05, 0) is 49.8 Å². The Hall–Kier alpha value is -4.40. The zero-order valence-electron chi connectivity index (χ0n) is 22.0. The minimum absolute atomic E-state index is 0.000139. The number of aliphatic imine (C=N–C) groups is 1. The van der Waals surface area contributed by atoms with Crippen LogP contribution in [0.3, 0.4) is 0 Å². The molecule has 1 aliphatic rings. The van der Waals surface area contributed by atoms with Gasteiger partial charge in [0.2, 0.25) is 17.7 Å². The maximum atomic E-state index is 13.3. The van der Waals surface area contributed by atoms with Gasteiger partial charge in [0.05, 0.1) is 6.04 Å². The Balaban J connectivity index is 2.17. The molecule has 0 aliphatic carbocycles. The fourth-order valence-electron chi connectivity index (χ4n) is 4.30. The van der Waals surface area contributed by atoms with Crippen LogP contribution in [0.1, 0.15) is 44.1 Å². The van der Waals surface area contributed by atoms with Crippen LogP contribution in [-0.4, -0.2) is 93.1 Å². The van der Waals surface area contributed by atoms with Gasteiger partial charge in [0.15, 0.2) is 5.96 Å². The number of amides is 3. The van der Waals surface area contributed by atoms with Crippen molar-refractivity contribution in [2.24, 2.45) is 22.2 Å². The third-order valence-electron chi connectivity index (χ3n) is 6.39. The van der Waals surface area contributed by atoms with Gasteiger partial charge in [-0.2, -0.15) is 0 Å². The van der Waals surface area contributed by atoms with Crippen LogP contribution in [0.4, 0.5) is 0 Å². The molecular formula is C25H37N7O8. The Morgan fingerprint density at radius 3 is 2.30 bits per heavy atom. The standard InChI is InChI=1S/C25H37N7O8/c26-16(9-10-20(34)35)23(38)32-12-2-4-19(32)22(37)31-18(13-14-5-7-15(33)8-6-14)21(36)30-17(24(39)40)3-1-11-29-25(27)28/h5-8,16-19,33H,1-4,9-13,26H2,(H,30,36)(H,31,37)(H,34,35)(H,39,40)(H4,27,28,29). The van der Waals surface area contributed by atoms with Crippen molar-refractivity contribution in [2.75, 3.05) is 13.1 Å². The molecule has 3 amide bonds. The number of benzene rings is 1. The predicted molar refractivity (Wildman–Crippen MR) is 143 cm³/mol. The normalized spacial score (nSPS) is 16.8. The number of nitrogens with zero attached hydrogens (tertiary/aromatic N) is 2. The first-order chi connectivity index (χ1) is 18.9. The first kappa shape index (κ1) is 31.8. The molecule has 0 aromatic heterocycles. The molecule has 1 aromatic carbocycles. The van der Waals surface area contributed by atoms with E-state index in [9.17, 15) is 34.2 Å². The summed E-state index contributed by atoms with van der Waals surface area (Å²) in [5, 5.41) is 33.1. The van der Waals surface area contributed by atoms with E-state index in [2.05, 4.69) is 15.6 Å². The van der Waals surface area contributed by atoms with E-state index in [1.807, 2.05) is 0 Å². The van der Waals surface area contributed by atoms with Crippen molar-refractivity contribution in [3.05, 3.63) is 29.8 Å². The molecule has 15 heteroatoms. The topological polar surface area (TPSA) is 264 Å². The highest BCUT2D eigenvalue weighted by Gasteiger charge is 2.38. The van der Waals surface area contributed by atoms with Crippen molar-refractivity contribution in [2.45, 2.75) is 69.1 Å². The van der Waals surface area contributed by atoms with Crippen molar-refractivity contribution in [3.8, 4) is 5.75 Å². The van der Waals surface area contributed by atoms with Crippen LogP contribution in [-0.2, 0) is 30.4 Å². The Bertz CT molecular complexity index is 1090. The second-order valence-electron chi connectivity index (χ2n) is 9.51. The molecule has 1 fully saturated rings. The van der Waals surface area contributed by atoms with Gasteiger partial charge in [0.1, 0.15) is 23.9 Å². The van der Waals surface area contributed by atoms with Crippen LogP contribution >= 0.6 is 0 Å².